The Kier molecular flexibility index (Phi) is 4.93. The smallest absolute Gasteiger partial charge is 0.231 e. The molecule has 4 rings (SSSR count). The molecule has 27 heavy (non-hydrogen) atoms. The van der Waals surface area contributed by atoms with Crippen molar-refractivity contribution in [2.24, 2.45) is 0 Å². The molecule has 3 aromatic rings. The van der Waals surface area contributed by atoms with Gasteiger partial charge in [0.1, 0.15) is 10.8 Å². The molecular weight excluding hydrogens is 364 g/mol. The second-order valence-corrected chi connectivity index (χ2v) is 7.11. The molecule has 0 bridgehead atoms. The van der Waals surface area contributed by atoms with Crippen molar-refractivity contribution in [3.05, 3.63) is 18.2 Å². The molecule has 0 amide bonds. The second kappa shape index (κ2) is 7.51. The third-order valence-electron chi connectivity index (χ3n) is 4.67. The molecule has 2 aromatic heterocycles. The number of anilines is 3. The summed E-state index contributed by atoms with van der Waals surface area (Å²) < 4.78 is 10.7. The molecule has 0 radical (unpaired) electrons. The van der Waals surface area contributed by atoms with Crippen molar-refractivity contribution in [2.45, 2.75) is 30.3 Å². The molecule has 1 aliphatic carbocycles. The van der Waals surface area contributed by atoms with Crippen molar-refractivity contribution in [1.29, 1.82) is 0 Å². The van der Waals surface area contributed by atoms with Gasteiger partial charge in [0.25, 0.3) is 0 Å². The minimum atomic E-state index is 0.460. The van der Waals surface area contributed by atoms with Crippen LogP contribution in [-0.2, 0) is 0 Å². The highest BCUT2D eigenvalue weighted by Gasteiger charge is 2.22. The Bertz CT molecular complexity index is 956. The normalized spacial score (nSPS) is 14.0. The van der Waals surface area contributed by atoms with Crippen LogP contribution >= 0.6 is 11.8 Å². The lowest BCUT2D eigenvalue weighted by molar-refractivity contribution is 0.355. The van der Waals surface area contributed by atoms with Gasteiger partial charge in [-0.2, -0.15) is 15.1 Å². The molecule has 9 heteroatoms. The minimum absolute atomic E-state index is 0.460. The van der Waals surface area contributed by atoms with E-state index in [4.69, 9.17) is 14.5 Å². The van der Waals surface area contributed by atoms with E-state index in [0.717, 1.165) is 34.8 Å². The number of rotatable bonds is 7. The number of nitrogens with zero attached hydrogens (tertiary/aromatic N) is 3. The lowest BCUT2D eigenvalue weighted by Gasteiger charge is -2.27. The van der Waals surface area contributed by atoms with Gasteiger partial charge in [0.05, 0.1) is 19.6 Å². The zero-order valence-electron chi connectivity index (χ0n) is 15.5. The van der Waals surface area contributed by atoms with Crippen LogP contribution in [0.2, 0.25) is 0 Å². The first-order valence-corrected chi connectivity index (χ1v) is 10.00. The van der Waals surface area contributed by atoms with Gasteiger partial charge in [-0.3, -0.25) is 5.10 Å². The molecule has 1 fully saturated rings. The first-order valence-electron chi connectivity index (χ1n) is 8.77. The minimum Gasteiger partial charge on any atom is -0.493 e. The summed E-state index contributed by atoms with van der Waals surface area (Å²) in [6.45, 7) is 0. The second-order valence-electron chi connectivity index (χ2n) is 6.32. The van der Waals surface area contributed by atoms with Gasteiger partial charge in [0, 0.05) is 17.8 Å². The summed E-state index contributed by atoms with van der Waals surface area (Å²) in [5, 5.41) is 16.0. The van der Waals surface area contributed by atoms with Crippen molar-refractivity contribution >= 4 is 40.2 Å². The summed E-state index contributed by atoms with van der Waals surface area (Å²) >= 11 is 1.58. The number of nitrogens with one attached hydrogen (secondary N) is 3. The molecule has 0 saturated heterocycles. The topological polar surface area (TPSA) is 97.0 Å². The van der Waals surface area contributed by atoms with E-state index in [1.807, 2.05) is 24.5 Å². The standard InChI is InChI=1S/C18H22N6O2S/c1-25-12-8-7-11(9-13(12)26-2)20-18-21-15(19-10-5-4-6-10)14-16(22-18)23-24-17(14)27-3/h7-10H,4-6H2,1-3H3,(H3,19,20,21,22,23,24). The number of H-pyrrole nitrogens is 1. The average molecular weight is 386 g/mol. The largest absolute Gasteiger partial charge is 0.493 e. The Labute approximate surface area is 161 Å². The first-order chi connectivity index (χ1) is 13.2. The molecule has 0 atom stereocenters. The van der Waals surface area contributed by atoms with Crippen LogP contribution in [0.1, 0.15) is 19.3 Å². The number of hydrogen-bond donors (Lipinski definition) is 3. The maximum Gasteiger partial charge on any atom is 0.231 e. The van der Waals surface area contributed by atoms with Crippen LogP contribution in [0.4, 0.5) is 17.5 Å². The predicted molar refractivity (Wildman–Crippen MR) is 108 cm³/mol. The van der Waals surface area contributed by atoms with Crippen LogP contribution in [0.25, 0.3) is 11.0 Å². The molecule has 142 valence electrons. The highest BCUT2D eigenvalue weighted by Crippen LogP contribution is 2.34. The van der Waals surface area contributed by atoms with Crippen LogP contribution in [0, 0.1) is 0 Å². The quantitative estimate of drug-likeness (QED) is 0.528. The summed E-state index contributed by atoms with van der Waals surface area (Å²) in [7, 11) is 3.22. The molecule has 1 aliphatic rings. The van der Waals surface area contributed by atoms with Gasteiger partial charge in [-0.1, -0.05) is 0 Å². The summed E-state index contributed by atoms with van der Waals surface area (Å²) in [4.78, 5) is 9.30. The van der Waals surface area contributed by atoms with Crippen LogP contribution in [0.5, 0.6) is 11.5 Å². The Morgan fingerprint density at radius 2 is 1.96 bits per heavy atom. The number of fused-ring (bicyclic) bond motifs is 1. The molecule has 2 heterocycles. The highest BCUT2D eigenvalue weighted by molar-refractivity contribution is 7.98. The first kappa shape index (κ1) is 17.7. The Balaban J connectivity index is 1.69. The molecule has 1 aromatic carbocycles. The third-order valence-corrected chi connectivity index (χ3v) is 5.35. The zero-order chi connectivity index (χ0) is 18.8. The number of aromatic amines is 1. The van der Waals surface area contributed by atoms with Crippen molar-refractivity contribution in [3.8, 4) is 11.5 Å². The number of aromatic nitrogens is 4. The third kappa shape index (κ3) is 3.46. The van der Waals surface area contributed by atoms with Gasteiger partial charge in [-0.25, -0.2) is 0 Å². The number of hydrogen-bond acceptors (Lipinski definition) is 8. The SMILES string of the molecule is COc1ccc(Nc2nc(NC3CCC3)c3c(SC)n[nH]c3n2)cc1OC. The van der Waals surface area contributed by atoms with E-state index in [1.165, 1.54) is 6.42 Å². The predicted octanol–water partition coefficient (Wildman–Crippen LogP) is 3.80. The summed E-state index contributed by atoms with van der Waals surface area (Å²) in [5.41, 5.74) is 1.52. The summed E-state index contributed by atoms with van der Waals surface area (Å²) in [5.74, 6) is 2.62. The fraction of sp³-hybridized carbons (Fsp3) is 0.389. The number of methoxy groups -OCH3 is 2. The van der Waals surface area contributed by atoms with Crippen molar-refractivity contribution < 1.29 is 9.47 Å². The zero-order valence-corrected chi connectivity index (χ0v) is 16.3. The van der Waals surface area contributed by atoms with Crippen LogP contribution in [-0.4, -0.2) is 46.7 Å². The number of benzene rings is 1. The summed E-state index contributed by atoms with van der Waals surface area (Å²) in [6.07, 6.45) is 5.58. The van der Waals surface area contributed by atoms with Gasteiger partial charge in [-0.05, 0) is 37.7 Å². The Morgan fingerprint density at radius 3 is 2.63 bits per heavy atom. The molecule has 0 unspecified atom stereocenters. The Hall–Kier alpha value is -2.68. The van der Waals surface area contributed by atoms with Gasteiger partial charge in [-0.15, -0.1) is 11.8 Å². The molecular formula is C18H22N6O2S. The monoisotopic (exact) mass is 386 g/mol. The van der Waals surface area contributed by atoms with E-state index in [9.17, 15) is 0 Å². The van der Waals surface area contributed by atoms with E-state index in [0.29, 0.717) is 29.1 Å². The van der Waals surface area contributed by atoms with Crippen molar-refractivity contribution in [1.82, 2.24) is 20.2 Å². The number of ether oxygens (including phenoxy) is 2. The maximum absolute atomic E-state index is 5.36. The van der Waals surface area contributed by atoms with E-state index in [1.54, 1.807) is 26.0 Å². The maximum atomic E-state index is 5.36. The van der Waals surface area contributed by atoms with Gasteiger partial charge in [0.2, 0.25) is 5.95 Å². The molecule has 3 N–H and O–H groups in total. The fourth-order valence-electron chi connectivity index (χ4n) is 3.00. The van der Waals surface area contributed by atoms with E-state index < -0.39 is 0 Å². The Morgan fingerprint density at radius 1 is 1.15 bits per heavy atom. The molecule has 0 aliphatic heterocycles. The van der Waals surface area contributed by atoms with Gasteiger partial charge in [0.15, 0.2) is 17.1 Å². The average Bonchev–Trinajstić information content (AvgIpc) is 3.07. The van der Waals surface area contributed by atoms with Gasteiger partial charge < -0.3 is 20.1 Å². The van der Waals surface area contributed by atoms with Crippen LogP contribution in [0.15, 0.2) is 23.2 Å². The fourth-order valence-corrected chi connectivity index (χ4v) is 3.54. The van der Waals surface area contributed by atoms with E-state index in [2.05, 4.69) is 25.8 Å². The van der Waals surface area contributed by atoms with E-state index >= 15 is 0 Å². The molecule has 0 spiro atoms. The summed E-state index contributed by atoms with van der Waals surface area (Å²) in [6, 6.07) is 6.05. The molecule has 1 saturated carbocycles. The van der Waals surface area contributed by atoms with Crippen LogP contribution < -0.4 is 20.1 Å². The van der Waals surface area contributed by atoms with Crippen molar-refractivity contribution in [2.75, 3.05) is 31.1 Å². The van der Waals surface area contributed by atoms with Crippen LogP contribution in [0.3, 0.4) is 0 Å². The lowest BCUT2D eigenvalue weighted by atomic mass is 9.93. The lowest BCUT2D eigenvalue weighted by Crippen LogP contribution is -2.27. The highest BCUT2D eigenvalue weighted by atomic mass is 32.2. The molecule has 8 nitrogen and oxygen atoms in total. The van der Waals surface area contributed by atoms with Crippen molar-refractivity contribution in [3.63, 3.8) is 0 Å². The number of thioether (sulfide) groups is 1. The van der Waals surface area contributed by atoms with E-state index in [-0.39, 0.29) is 0 Å². The van der Waals surface area contributed by atoms with Gasteiger partial charge >= 0.3 is 0 Å².